The molecule has 1 aromatic carbocycles. The zero-order chi connectivity index (χ0) is 17.8. The third-order valence-electron chi connectivity index (χ3n) is 4.34. The largest absolute Gasteiger partial charge is 0.478 e. The minimum atomic E-state index is -0.855. The number of rotatable bonds is 5. The molecule has 25 heavy (non-hydrogen) atoms. The first-order valence-corrected chi connectivity index (χ1v) is 8.34. The summed E-state index contributed by atoms with van der Waals surface area (Å²) in [6.07, 6.45) is 4.51. The molecule has 0 spiro atoms. The van der Waals surface area contributed by atoms with E-state index in [0.717, 1.165) is 43.9 Å². The first-order valence-electron chi connectivity index (χ1n) is 8.34. The maximum absolute atomic E-state index is 13.5. The Morgan fingerprint density at radius 2 is 1.80 bits per heavy atom. The Morgan fingerprint density at radius 3 is 2.48 bits per heavy atom. The highest BCUT2D eigenvalue weighted by Crippen LogP contribution is 2.29. The van der Waals surface area contributed by atoms with Gasteiger partial charge in [-0.05, 0) is 31.0 Å². The van der Waals surface area contributed by atoms with E-state index in [1.165, 1.54) is 0 Å². The first kappa shape index (κ1) is 17.8. The standard InChI is InChI=1S/C16H19BF2N2O4/c18-10-5-6-12(19)11(7-10)16(23)20-8-15(22)21-9-17-24-13-3-1-2-4-14(13)25-17/h5-7,13-14H,1-4,8-9H2,(H,20,23)(H,21,22). The molecular weight excluding hydrogens is 333 g/mol. The lowest BCUT2D eigenvalue weighted by atomic mass is 9.91. The zero-order valence-corrected chi connectivity index (χ0v) is 13.6. The second-order valence-electron chi connectivity index (χ2n) is 6.17. The molecule has 3 rings (SSSR count). The van der Waals surface area contributed by atoms with Crippen LogP contribution in [0.2, 0.25) is 0 Å². The van der Waals surface area contributed by atoms with Gasteiger partial charge in [-0.1, -0.05) is 12.8 Å². The molecule has 1 aromatic rings. The summed E-state index contributed by atoms with van der Waals surface area (Å²) in [7, 11) is -0.492. The summed E-state index contributed by atoms with van der Waals surface area (Å²) in [5.74, 6) is -2.90. The van der Waals surface area contributed by atoms with E-state index in [9.17, 15) is 18.4 Å². The van der Waals surface area contributed by atoms with Gasteiger partial charge in [-0.15, -0.1) is 0 Å². The van der Waals surface area contributed by atoms with Gasteiger partial charge >= 0.3 is 7.12 Å². The lowest BCUT2D eigenvalue weighted by Gasteiger charge is -2.22. The molecule has 1 aliphatic heterocycles. The minimum Gasteiger partial charge on any atom is -0.405 e. The van der Waals surface area contributed by atoms with Crippen LogP contribution in [0.25, 0.3) is 0 Å². The summed E-state index contributed by atoms with van der Waals surface area (Å²) in [4.78, 5) is 23.6. The number of amides is 2. The average molecular weight is 352 g/mol. The Morgan fingerprint density at radius 1 is 1.12 bits per heavy atom. The molecular formula is C16H19BF2N2O4. The lowest BCUT2D eigenvalue weighted by molar-refractivity contribution is -0.119. The van der Waals surface area contributed by atoms with Crippen molar-refractivity contribution in [1.82, 2.24) is 10.6 Å². The van der Waals surface area contributed by atoms with Gasteiger partial charge in [0, 0.05) is 0 Å². The second kappa shape index (κ2) is 7.92. The number of benzene rings is 1. The molecule has 2 fully saturated rings. The maximum atomic E-state index is 13.5. The molecule has 1 heterocycles. The molecule has 1 aliphatic carbocycles. The number of carbonyl (C=O) groups excluding carboxylic acids is 2. The Bertz CT molecular complexity index is 647. The predicted molar refractivity (Wildman–Crippen MR) is 85.7 cm³/mol. The van der Waals surface area contributed by atoms with Crippen molar-refractivity contribution in [3.8, 4) is 0 Å². The molecule has 2 atom stereocenters. The van der Waals surface area contributed by atoms with Crippen LogP contribution in [0.1, 0.15) is 36.0 Å². The third kappa shape index (κ3) is 4.55. The molecule has 2 unspecified atom stereocenters. The molecule has 1 saturated heterocycles. The van der Waals surface area contributed by atoms with Crippen LogP contribution in [0.15, 0.2) is 18.2 Å². The van der Waals surface area contributed by atoms with E-state index in [2.05, 4.69) is 10.6 Å². The van der Waals surface area contributed by atoms with Gasteiger partial charge in [0.25, 0.3) is 5.91 Å². The van der Waals surface area contributed by atoms with Gasteiger partial charge in [0.05, 0.1) is 30.8 Å². The van der Waals surface area contributed by atoms with E-state index in [-0.39, 0.29) is 25.2 Å². The van der Waals surface area contributed by atoms with Crippen molar-refractivity contribution in [2.75, 3.05) is 13.0 Å². The summed E-state index contributed by atoms with van der Waals surface area (Å²) in [5, 5.41) is 4.85. The smallest absolute Gasteiger partial charge is 0.405 e. The number of carbonyl (C=O) groups is 2. The monoisotopic (exact) mass is 352 g/mol. The van der Waals surface area contributed by atoms with E-state index < -0.39 is 36.1 Å². The fraction of sp³-hybridized carbons (Fsp3) is 0.500. The third-order valence-corrected chi connectivity index (χ3v) is 4.34. The normalized spacial score (nSPS) is 22.4. The maximum Gasteiger partial charge on any atom is 0.478 e. The highest BCUT2D eigenvalue weighted by molar-refractivity contribution is 6.45. The quantitative estimate of drug-likeness (QED) is 0.781. The molecule has 6 nitrogen and oxygen atoms in total. The fourth-order valence-corrected chi connectivity index (χ4v) is 3.08. The van der Waals surface area contributed by atoms with Gasteiger partial charge in [-0.3, -0.25) is 9.59 Å². The molecule has 2 N–H and O–H groups in total. The molecule has 2 aliphatic rings. The average Bonchev–Trinajstić information content (AvgIpc) is 3.03. The molecule has 1 saturated carbocycles. The van der Waals surface area contributed by atoms with Crippen molar-refractivity contribution < 1.29 is 27.7 Å². The molecule has 134 valence electrons. The molecule has 0 bridgehead atoms. The first-order chi connectivity index (χ1) is 12.0. The topological polar surface area (TPSA) is 76.7 Å². The van der Waals surface area contributed by atoms with Crippen LogP contribution < -0.4 is 10.6 Å². The molecule has 2 amide bonds. The van der Waals surface area contributed by atoms with E-state index in [1.54, 1.807) is 0 Å². The number of nitrogens with one attached hydrogen (secondary N) is 2. The van der Waals surface area contributed by atoms with Crippen molar-refractivity contribution in [2.24, 2.45) is 0 Å². The van der Waals surface area contributed by atoms with Gasteiger partial charge in [0.1, 0.15) is 11.6 Å². The SMILES string of the molecule is O=C(CNC(=O)c1cc(F)ccc1F)NCB1OC2CCCCC2O1. The molecule has 0 aromatic heterocycles. The van der Waals surface area contributed by atoms with E-state index in [1.807, 2.05) is 0 Å². The van der Waals surface area contributed by atoms with Crippen LogP contribution in [0.3, 0.4) is 0 Å². The minimum absolute atomic E-state index is 0.0892. The van der Waals surface area contributed by atoms with Crippen molar-refractivity contribution in [3.05, 3.63) is 35.4 Å². The summed E-state index contributed by atoms with van der Waals surface area (Å²) in [6.45, 7) is -0.353. The summed E-state index contributed by atoms with van der Waals surface area (Å²) < 4.78 is 38.0. The highest BCUT2D eigenvalue weighted by atomic mass is 19.1. The molecule has 9 heteroatoms. The van der Waals surface area contributed by atoms with Crippen LogP contribution in [-0.2, 0) is 14.1 Å². The number of hydrogen-bond donors (Lipinski definition) is 2. The Labute approximate surface area is 144 Å². The summed E-state index contributed by atoms with van der Waals surface area (Å²) in [6, 6.07) is 2.56. The van der Waals surface area contributed by atoms with Crippen LogP contribution >= 0.6 is 0 Å². The molecule has 0 radical (unpaired) electrons. The number of halogens is 2. The van der Waals surface area contributed by atoms with Crippen molar-refractivity contribution in [1.29, 1.82) is 0 Å². The summed E-state index contributed by atoms with van der Waals surface area (Å²) >= 11 is 0. The van der Waals surface area contributed by atoms with E-state index in [4.69, 9.17) is 9.31 Å². The predicted octanol–water partition coefficient (Wildman–Crippen LogP) is 1.20. The van der Waals surface area contributed by atoms with Crippen LogP contribution in [-0.4, -0.2) is 44.1 Å². The van der Waals surface area contributed by atoms with Crippen molar-refractivity contribution in [2.45, 2.75) is 37.9 Å². The number of hydrogen-bond acceptors (Lipinski definition) is 4. The Hall–Kier alpha value is -2.00. The van der Waals surface area contributed by atoms with Gasteiger partial charge in [0.2, 0.25) is 5.91 Å². The Kier molecular flexibility index (Phi) is 5.65. The van der Waals surface area contributed by atoms with Crippen LogP contribution in [0, 0.1) is 11.6 Å². The van der Waals surface area contributed by atoms with Gasteiger partial charge in [0.15, 0.2) is 0 Å². The number of fused-ring (bicyclic) bond motifs is 1. The van der Waals surface area contributed by atoms with Crippen LogP contribution in [0.5, 0.6) is 0 Å². The van der Waals surface area contributed by atoms with Gasteiger partial charge < -0.3 is 19.9 Å². The van der Waals surface area contributed by atoms with Gasteiger partial charge in [-0.2, -0.15) is 0 Å². The van der Waals surface area contributed by atoms with Crippen LogP contribution in [0.4, 0.5) is 8.78 Å². The van der Waals surface area contributed by atoms with Crippen molar-refractivity contribution >= 4 is 18.9 Å². The lowest BCUT2D eigenvalue weighted by Crippen LogP contribution is -2.42. The fourth-order valence-electron chi connectivity index (χ4n) is 3.08. The Balaban J connectivity index is 1.41. The van der Waals surface area contributed by atoms with Gasteiger partial charge in [-0.25, -0.2) is 8.78 Å². The van der Waals surface area contributed by atoms with Crippen molar-refractivity contribution in [3.63, 3.8) is 0 Å². The van der Waals surface area contributed by atoms with E-state index in [0.29, 0.717) is 0 Å². The highest BCUT2D eigenvalue weighted by Gasteiger charge is 2.40. The zero-order valence-electron chi connectivity index (χ0n) is 13.6. The summed E-state index contributed by atoms with van der Waals surface area (Å²) in [5.41, 5.74) is -0.445. The second-order valence-corrected chi connectivity index (χ2v) is 6.17. The van der Waals surface area contributed by atoms with E-state index >= 15 is 0 Å².